The van der Waals surface area contributed by atoms with E-state index in [0.29, 0.717) is 24.0 Å². The largest absolute Gasteiger partial charge is 0.504 e. The van der Waals surface area contributed by atoms with E-state index in [-0.39, 0.29) is 11.3 Å². The number of nitrogens with zero attached hydrogens (tertiary/aromatic N) is 3. The second-order valence-corrected chi connectivity index (χ2v) is 5.88. The van der Waals surface area contributed by atoms with E-state index >= 15 is 0 Å². The second-order valence-electron chi connectivity index (χ2n) is 5.88. The Kier molecular flexibility index (Phi) is 3.98. The number of likely N-dealkylation sites (N-methyl/N-ethyl adjacent to an activating group) is 1. The summed E-state index contributed by atoms with van der Waals surface area (Å²) in [6, 6.07) is 5.66. The van der Waals surface area contributed by atoms with Crippen LogP contribution < -0.4 is 0 Å². The minimum Gasteiger partial charge on any atom is -0.504 e. The predicted octanol–water partition coefficient (Wildman–Crippen LogP) is 1.55. The highest BCUT2D eigenvalue weighted by atomic mass is 16.6. The number of nitro benzene ring substituents is 1. The Morgan fingerprint density at radius 3 is 2.46 bits per heavy atom. The fraction of sp³-hybridized carbons (Fsp3) is 0.312. The van der Waals surface area contributed by atoms with Crippen molar-refractivity contribution >= 4 is 22.4 Å². The van der Waals surface area contributed by atoms with Gasteiger partial charge in [-0.15, -0.1) is 0 Å². The summed E-state index contributed by atoms with van der Waals surface area (Å²) in [5, 5.41) is 31.0. The number of carbonyl (C=O) groups is 1. The Balaban J connectivity index is 2.01. The highest BCUT2D eigenvalue weighted by Gasteiger charge is 2.24. The average molecular weight is 331 g/mol. The van der Waals surface area contributed by atoms with Crippen LogP contribution in [0.2, 0.25) is 0 Å². The normalized spacial score (nSPS) is 15.6. The first kappa shape index (κ1) is 16.0. The zero-order valence-electron chi connectivity index (χ0n) is 13.1. The van der Waals surface area contributed by atoms with Gasteiger partial charge < -0.3 is 20.0 Å². The van der Waals surface area contributed by atoms with Gasteiger partial charge in [0, 0.05) is 31.7 Å². The molecule has 2 aromatic carbocycles. The summed E-state index contributed by atoms with van der Waals surface area (Å²) in [6.45, 7) is 2.82. The van der Waals surface area contributed by atoms with E-state index in [1.54, 1.807) is 4.90 Å². The van der Waals surface area contributed by atoms with Crippen LogP contribution in [-0.4, -0.2) is 64.1 Å². The highest BCUT2D eigenvalue weighted by molar-refractivity contribution is 6.02. The molecule has 0 atom stereocenters. The summed E-state index contributed by atoms with van der Waals surface area (Å²) < 4.78 is 0. The summed E-state index contributed by atoms with van der Waals surface area (Å²) in [5.41, 5.74) is -0.171. The summed E-state index contributed by atoms with van der Waals surface area (Å²) in [6.07, 6.45) is 0. The van der Waals surface area contributed by atoms with Crippen LogP contribution in [0, 0.1) is 10.1 Å². The molecule has 24 heavy (non-hydrogen) atoms. The van der Waals surface area contributed by atoms with Gasteiger partial charge in [-0.25, -0.2) is 0 Å². The number of carbonyl (C=O) groups excluding carboxylic acids is 1. The van der Waals surface area contributed by atoms with Gasteiger partial charge in [-0.05, 0) is 36.7 Å². The summed E-state index contributed by atoms with van der Waals surface area (Å²) >= 11 is 0. The quantitative estimate of drug-likeness (QED) is 0.491. The molecule has 1 amide bonds. The van der Waals surface area contributed by atoms with Gasteiger partial charge in [0.05, 0.1) is 10.3 Å². The third-order valence-corrected chi connectivity index (χ3v) is 4.29. The molecule has 0 aliphatic carbocycles. The zero-order chi connectivity index (χ0) is 17.4. The first-order valence-electron chi connectivity index (χ1n) is 7.49. The van der Waals surface area contributed by atoms with Gasteiger partial charge in [0.2, 0.25) is 5.75 Å². The lowest BCUT2D eigenvalue weighted by Gasteiger charge is -2.32. The Bertz CT molecular complexity index is 828. The number of nitro groups is 1. The van der Waals surface area contributed by atoms with E-state index < -0.39 is 22.1 Å². The van der Waals surface area contributed by atoms with Crippen molar-refractivity contribution in [3.05, 3.63) is 39.9 Å². The Morgan fingerprint density at radius 1 is 1.17 bits per heavy atom. The number of piperazine rings is 1. The number of fused-ring (bicyclic) bond motifs is 1. The van der Waals surface area contributed by atoms with E-state index in [0.717, 1.165) is 13.1 Å². The molecule has 1 saturated heterocycles. The standard InChI is InChI=1S/C16H17N3O5/c1-17-4-6-18(7-5-17)16(22)10-2-3-12-11(8-10)9-13(20)15(21)14(12)19(23)24/h2-3,8-9,20-21H,4-7H2,1H3. The van der Waals surface area contributed by atoms with Crippen LogP contribution in [0.3, 0.4) is 0 Å². The monoisotopic (exact) mass is 331 g/mol. The minimum atomic E-state index is -0.773. The van der Waals surface area contributed by atoms with Gasteiger partial charge in [-0.3, -0.25) is 14.9 Å². The number of phenolic OH excluding ortho intramolecular Hbond substituents is 2. The number of benzene rings is 2. The van der Waals surface area contributed by atoms with Crippen LogP contribution in [0.4, 0.5) is 5.69 Å². The van der Waals surface area contributed by atoms with Crippen LogP contribution in [0.1, 0.15) is 10.4 Å². The van der Waals surface area contributed by atoms with Gasteiger partial charge in [-0.1, -0.05) is 0 Å². The number of rotatable bonds is 2. The maximum absolute atomic E-state index is 12.6. The van der Waals surface area contributed by atoms with Crippen LogP contribution in [0.25, 0.3) is 10.8 Å². The molecule has 0 saturated carbocycles. The number of amides is 1. The molecule has 0 aromatic heterocycles. The fourth-order valence-electron chi connectivity index (χ4n) is 2.87. The number of aromatic hydroxyl groups is 2. The summed E-state index contributed by atoms with van der Waals surface area (Å²) in [5.74, 6) is -1.51. The molecule has 1 heterocycles. The van der Waals surface area contributed by atoms with Crippen molar-refractivity contribution in [2.75, 3.05) is 33.2 Å². The predicted molar refractivity (Wildman–Crippen MR) is 87.3 cm³/mol. The molecular weight excluding hydrogens is 314 g/mol. The van der Waals surface area contributed by atoms with Crippen molar-refractivity contribution in [1.29, 1.82) is 0 Å². The lowest BCUT2D eigenvalue weighted by molar-refractivity contribution is -0.384. The second kappa shape index (κ2) is 5.97. The third-order valence-electron chi connectivity index (χ3n) is 4.29. The fourth-order valence-corrected chi connectivity index (χ4v) is 2.87. The van der Waals surface area contributed by atoms with Crippen molar-refractivity contribution in [3.8, 4) is 11.5 Å². The molecule has 1 fully saturated rings. The van der Waals surface area contributed by atoms with E-state index in [9.17, 15) is 25.1 Å². The van der Waals surface area contributed by atoms with Crippen molar-refractivity contribution in [3.63, 3.8) is 0 Å². The van der Waals surface area contributed by atoms with Crippen LogP contribution in [-0.2, 0) is 0 Å². The lowest BCUT2D eigenvalue weighted by Crippen LogP contribution is -2.47. The molecular formula is C16H17N3O5. The van der Waals surface area contributed by atoms with Gasteiger partial charge in [0.25, 0.3) is 5.91 Å². The van der Waals surface area contributed by atoms with E-state index in [4.69, 9.17) is 0 Å². The smallest absolute Gasteiger partial charge is 0.322 e. The molecule has 1 aliphatic heterocycles. The van der Waals surface area contributed by atoms with E-state index in [1.807, 2.05) is 7.05 Å². The SMILES string of the molecule is CN1CCN(C(=O)c2ccc3c([N+](=O)[O-])c(O)c(O)cc3c2)CC1. The average Bonchev–Trinajstić information content (AvgIpc) is 2.55. The van der Waals surface area contributed by atoms with Gasteiger partial charge in [0.15, 0.2) is 5.75 Å². The minimum absolute atomic E-state index is 0.153. The maximum atomic E-state index is 12.6. The topological polar surface area (TPSA) is 107 Å². The van der Waals surface area contributed by atoms with Crippen molar-refractivity contribution in [2.24, 2.45) is 0 Å². The third kappa shape index (κ3) is 2.71. The number of hydrogen-bond donors (Lipinski definition) is 2. The van der Waals surface area contributed by atoms with Crippen molar-refractivity contribution in [2.45, 2.75) is 0 Å². The van der Waals surface area contributed by atoms with Crippen LogP contribution >= 0.6 is 0 Å². The molecule has 0 radical (unpaired) electrons. The Morgan fingerprint density at radius 2 is 1.83 bits per heavy atom. The van der Waals surface area contributed by atoms with Crippen molar-refractivity contribution in [1.82, 2.24) is 9.80 Å². The molecule has 8 nitrogen and oxygen atoms in total. The van der Waals surface area contributed by atoms with Gasteiger partial charge in [-0.2, -0.15) is 0 Å². The van der Waals surface area contributed by atoms with Gasteiger partial charge in [0.1, 0.15) is 0 Å². The Hall–Kier alpha value is -2.87. The molecule has 8 heteroatoms. The summed E-state index contributed by atoms with van der Waals surface area (Å²) in [4.78, 5) is 26.8. The lowest BCUT2D eigenvalue weighted by atomic mass is 10.0. The molecule has 126 valence electrons. The molecule has 2 aromatic rings. The molecule has 3 rings (SSSR count). The molecule has 0 unspecified atom stereocenters. The number of hydrogen-bond acceptors (Lipinski definition) is 6. The van der Waals surface area contributed by atoms with Crippen LogP contribution in [0.5, 0.6) is 11.5 Å². The van der Waals surface area contributed by atoms with E-state index in [2.05, 4.69) is 4.90 Å². The number of phenols is 2. The van der Waals surface area contributed by atoms with E-state index in [1.165, 1.54) is 24.3 Å². The summed E-state index contributed by atoms with van der Waals surface area (Å²) in [7, 11) is 1.99. The highest BCUT2D eigenvalue weighted by Crippen LogP contribution is 2.41. The van der Waals surface area contributed by atoms with Crippen LogP contribution in [0.15, 0.2) is 24.3 Å². The van der Waals surface area contributed by atoms with Gasteiger partial charge >= 0.3 is 5.69 Å². The maximum Gasteiger partial charge on any atom is 0.322 e. The molecule has 1 aliphatic rings. The first-order chi connectivity index (χ1) is 11.4. The molecule has 0 spiro atoms. The zero-order valence-corrected chi connectivity index (χ0v) is 13.1. The van der Waals surface area contributed by atoms with Crippen molar-refractivity contribution < 1.29 is 19.9 Å². The molecule has 0 bridgehead atoms. The first-order valence-corrected chi connectivity index (χ1v) is 7.49. The Labute approximate surface area is 137 Å². The molecule has 2 N–H and O–H groups in total.